The third-order valence-corrected chi connectivity index (χ3v) is 13.8. The van der Waals surface area contributed by atoms with Gasteiger partial charge in [0.1, 0.15) is 23.3 Å². The van der Waals surface area contributed by atoms with Crippen molar-refractivity contribution in [2.45, 2.75) is 129 Å². The highest BCUT2D eigenvalue weighted by molar-refractivity contribution is 5.63. The van der Waals surface area contributed by atoms with Crippen LogP contribution in [0.2, 0.25) is 0 Å². The normalized spacial score (nSPS) is 13.2. The highest BCUT2D eigenvalue weighted by Gasteiger charge is 2.57. The number of alkyl halides is 36. The van der Waals surface area contributed by atoms with Gasteiger partial charge in [0.2, 0.25) is 0 Å². The number of benzene rings is 8. The molecule has 8 aromatic carbocycles. The Hall–Kier alpha value is -9.04. The highest BCUT2D eigenvalue weighted by atomic mass is 19.5. The Balaban J connectivity index is 0.000000450. The molecule has 40 heteroatoms. The molecule has 108 heavy (non-hydrogen) atoms. The van der Waals surface area contributed by atoms with Crippen molar-refractivity contribution in [3.05, 3.63) is 268 Å². The maximum absolute atomic E-state index is 13.3. The Morgan fingerprint density at radius 3 is 0.870 bits per heavy atom. The van der Waals surface area contributed by atoms with Crippen LogP contribution in [0.4, 0.5) is 176 Å². The summed E-state index contributed by atoms with van der Waals surface area (Å²) >= 11 is 0. The van der Waals surface area contributed by atoms with E-state index in [1.807, 2.05) is 36.4 Å². The fraction of sp³-hybridized carbons (Fsp3) is 0.294. The van der Waals surface area contributed by atoms with Crippen LogP contribution in [0.3, 0.4) is 0 Å². The summed E-state index contributed by atoms with van der Waals surface area (Å²) in [7, 11) is 0. The maximum Gasteiger partial charge on any atom is 0.417 e. The van der Waals surface area contributed by atoms with Gasteiger partial charge in [-0.3, -0.25) is 0 Å². The number of hydrogen-bond acceptors (Lipinski definition) is 0. The second kappa shape index (κ2) is 34.7. The van der Waals surface area contributed by atoms with Crippen molar-refractivity contribution in [1.82, 2.24) is 0 Å². The molecule has 0 radical (unpaired) electrons. The van der Waals surface area contributed by atoms with Gasteiger partial charge in [0.25, 0.3) is 0 Å². The minimum atomic E-state index is -6.59. The summed E-state index contributed by atoms with van der Waals surface area (Å²) in [5.41, 5.74) is -28.8. The van der Waals surface area contributed by atoms with Crippen LogP contribution in [-0.2, 0) is 74.1 Å². The molecule has 0 spiro atoms. The molecule has 0 nitrogen and oxygen atoms in total. The van der Waals surface area contributed by atoms with E-state index in [9.17, 15) is 176 Å². The van der Waals surface area contributed by atoms with Gasteiger partial charge in [-0.15, -0.1) is 0 Å². The van der Waals surface area contributed by atoms with Crippen molar-refractivity contribution < 1.29 is 180 Å². The van der Waals surface area contributed by atoms with Gasteiger partial charge in [0.05, 0.1) is 66.8 Å². The van der Waals surface area contributed by atoms with E-state index in [0.717, 1.165) is 41.8 Å². The average molecular weight is 1630 g/mol. The van der Waals surface area contributed by atoms with Crippen molar-refractivity contribution in [2.75, 3.05) is 0 Å². The van der Waals surface area contributed by atoms with Crippen molar-refractivity contribution in [1.29, 1.82) is 0 Å². The molecule has 8 aromatic rings. The summed E-state index contributed by atoms with van der Waals surface area (Å²) in [6, 6.07) is 24.3. The standard InChI is InChI=1S/C13H11F.C12H6F12.C10H5F9.2C9H6F6.C8H7F3.C7H5F3/c1-10-7-8-12(9-13(10)14)11-5-3-2-4-6-11;1-3-4(2)6(10(16,17)18)8(12(22,23)24)7(11(19,20)21)5(3)9(13,14)15;1-4-6(9(14,15)16)2-5(8(11,12)13)3-7(4)10(17,18)19;1-5-2-6(8(10,11)12)4-7(3-5)9(13,14)15;1-5-6(8(10,11)12)3-2-4-7(5)9(13,14)15;1-6-2-4-7(5-3-6)8(9,10)11;1-4-6(9)2-5(8)3-7(4)10/h2-9H,1H3;1-2H3;2-3H,1H3;2*2-4H,1H3;2-5H,1H3;2-3H,1H3/i;1D3;;;;;. The first-order valence-corrected chi connectivity index (χ1v) is 28.3. The molecule has 0 aliphatic heterocycles. The minimum absolute atomic E-state index is 0.0604. The molecule has 0 aliphatic carbocycles. The van der Waals surface area contributed by atoms with E-state index in [1.165, 1.54) is 26.0 Å². The van der Waals surface area contributed by atoms with Crippen LogP contribution in [-0.4, -0.2) is 0 Å². The van der Waals surface area contributed by atoms with E-state index in [4.69, 9.17) is 4.11 Å². The van der Waals surface area contributed by atoms with Crippen LogP contribution in [0.1, 0.15) is 115 Å². The van der Waals surface area contributed by atoms with Crippen LogP contribution < -0.4 is 0 Å². The SMILES string of the molecule is Cc1c(C(F)(F)F)cc(C(F)(F)F)cc1C(F)(F)F.Cc1c(C(F)(F)F)cccc1C(F)(F)F.Cc1c(F)cc(F)cc1F.Cc1cc(C(F)(F)F)cc(C(F)(F)F)c1.Cc1ccc(-c2ccccc2)cc1F.Cc1ccc(C(F)(F)F)cc1.[2H]C([2H])([2H])c1c(C)c(C(F)(F)F)c(C(F)(F)F)c(C(F)(F)F)c1C(F)(F)F. The first-order valence-electron chi connectivity index (χ1n) is 29.8. The molecule has 0 amide bonds. The molecular weight excluding hydrogens is 1580 g/mol. The molecule has 0 saturated heterocycles. The maximum atomic E-state index is 13.3. The lowest BCUT2D eigenvalue weighted by molar-refractivity contribution is -0.183. The molecule has 598 valence electrons. The summed E-state index contributed by atoms with van der Waals surface area (Å²) < 4.78 is 522. The molecule has 0 N–H and O–H groups in total. The molecule has 0 saturated carbocycles. The number of hydrogen-bond donors (Lipinski definition) is 0. The Morgan fingerprint density at radius 1 is 0.222 bits per heavy atom. The third kappa shape index (κ3) is 27.6. The van der Waals surface area contributed by atoms with Crippen LogP contribution in [0, 0.1) is 78.6 Å². The lowest BCUT2D eigenvalue weighted by atomic mass is 9.86. The molecule has 0 aromatic heterocycles. The van der Waals surface area contributed by atoms with Crippen LogP contribution in [0.25, 0.3) is 11.1 Å². The van der Waals surface area contributed by atoms with Gasteiger partial charge in [-0.1, -0.05) is 66.2 Å². The van der Waals surface area contributed by atoms with Crippen molar-refractivity contribution >= 4 is 0 Å². The summed E-state index contributed by atoms with van der Waals surface area (Å²) in [6.07, 6.45) is -64.8. The fourth-order valence-corrected chi connectivity index (χ4v) is 8.67. The molecule has 0 atom stereocenters. The van der Waals surface area contributed by atoms with Gasteiger partial charge in [0, 0.05) is 21.8 Å². The Bertz CT molecular complexity index is 4240. The van der Waals surface area contributed by atoms with Gasteiger partial charge in [0.15, 0.2) is 0 Å². The monoisotopic (exact) mass is 1630 g/mol. The largest absolute Gasteiger partial charge is 0.417 e. The lowest BCUT2D eigenvalue weighted by Gasteiger charge is -2.28. The van der Waals surface area contributed by atoms with Crippen molar-refractivity contribution in [3.63, 3.8) is 0 Å². The zero-order chi connectivity index (χ0) is 87.1. The summed E-state index contributed by atoms with van der Waals surface area (Å²) in [6.45, 7) is 2.96. The zero-order valence-corrected chi connectivity index (χ0v) is 54.3. The van der Waals surface area contributed by atoms with E-state index >= 15 is 0 Å². The number of aryl methyl sites for hydroxylation is 3. The van der Waals surface area contributed by atoms with E-state index in [1.54, 1.807) is 26.0 Å². The topological polar surface area (TPSA) is 0 Å². The van der Waals surface area contributed by atoms with E-state index < -0.39 is 187 Å². The molecular formula is C68H46F40. The van der Waals surface area contributed by atoms with Gasteiger partial charge >= 0.3 is 74.1 Å². The van der Waals surface area contributed by atoms with Gasteiger partial charge in [-0.25, -0.2) is 17.6 Å². The fourth-order valence-electron chi connectivity index (χ4n) is 8.67. The van der Waals surface area contributed by atoms with E-state index in [-0.39, 0.29) is 42.1 Å². The second-order valence-electron chi connectivity index (χ2n) is 21.9. The molecule has 8 rings (SSSR count). The summed E-state index contributed by atoms with van der Waals surface area (Å²) in [4.78, 5) is 0. The lowest BCUT2D eigenvalue weighted by Crippen LogP contribution is -2.29. The predicted octanol–water partition coefficient (Wildman–Crippen LogP) is 28.7. The Labute approximate surface area is 587 Å². The first kappa shape index (κ1) is 89.6. The third-order valence-electron chi connectivity index (χ3n) is 13.8. The minimum Gasteiger partial charge on any atom is -0.207 e. The van der Waals surface area contributed by atoms with Gasteiger partial charge < -0.3 is 0 Å². The van der Waals surface area contributed by atoms with Crippen molar-refractivity contribution in [3.8, 4) is 11.1 Å². The summed E-state index contributed by atoms with van der Waals surface area (Å²) in [5.74, 6) is -2.73. The van der Waals surface area contributed by atoms with Crippen LogP contribution >= 0.6 is 0 Å². The first-order chi connectivity index (χ1) is 49.4. The van der Waals surface area contributed by atoms with E-state index in [2.05, 4.69) is 0 Å². The molecule has 0 bridgehead atoms. The van der Waals surface area contributed by atoms with Gasteiger partial charge in [-0.2, -0.15) is 158 Å². The highest BCUT2D eigenvalue weighted by Crippen LogP contribution is 2.54. The Morgan fingerprint density at radius 2 is 0.556 bits per heavy atom. The van der Waals surface area contributed by atoms with Crippen molar-refractivity contribution in [2.24, 2.45) is 0 Å². The quantitative estimate of drug-likeness (QED) is 0.144. The smallest absolute Gasteiger partial charge is 0.207 e. The molecule has 0 aliphatic rings. The molecule has 0 fully saturated rings. The van der Waals surface area contributed by atoms with E-state index in [0.29, 0.717) is 48.9 Å². The molecule has 0 unspecified atom stereocenters. The van der Waals surface area contributed by atoms with Crippen LogP contribution in [0.15, 0.2) is 133 Å². The average Bonchev–Trinajstić information content (AvgIpc) is 0.707. The zero-order valence-electron chi connectivity index (χ0n) is 57.3. The van der Waals surface area contributed by atoms with Gasteiger partial charge in [-0.05, 0) is 160 Å². The number of halogens is 40. The second-order valence-corrected chi connectivity index (χ2v) is 21.9. The van der Waals surface area contributed by atoms with Crippen LogP contribution in [0.5, 0.6) is 0 Å². The predicted molar refractivity (Wildman–Crippen MR) is 308 cm³/mol. The summed E-state index contributed by atoms with van der Waals surface area (Å²) in [5, 5.41) is 0. The molecule has 0 heterocycles. The Kier molecular flexibility index (Phi) is 28.8. The number of rotatable bonds is 1.